The molecule has 1 heterocycles. The molecule has 24 heavy (non-hydrogen) atoms. The molecule has 2 aromatic rings. The van der Waals surface area contributed by atoms with E-state index in [4.69, 9.17) is 13.7 Å². The highest BCUT2D eigenvalue weighted by molar-refractivity contribution is 9.09. The molecular formula is C17H25BrNO4P. The lowest BCUT2D eigenvalue weighted by Crippen LogP contribution is -2.17. The molecule has 1 atom stereocenters. The fraction of sp³-hybridized carbons (Fsp3) is 0.529. The van der Waals surface area contributed by atoms with E-state index in [0.29, 0.717) is 29.8 Å². The van der Waals surface area contributed by atoms with Crippen LogP contribution in [-0.2, 0) is 15.7 Å². The lowest BCUT2D eigenvalue weighted by Gasteiger charge is -2.18. The summed E-state index contributed by atoms with van der Waals surface area (Å²) in [5, 5.41) is 4.73. The van der Waals surface area contributed by atoms with E-state index in [1.807, 2.05) is 25.1 Å². The molecule has 0 saturated heterocycles. The first kappa shape index (κ1) is 19.5. The SMILES string of the molecule is CCCCP(=O)(NCCBr)OCc1cc2cc(C)cc(OC)c2o1. The van der Waals surface area contributed by atoms with Crippen molar-refractivity contribution < 1.29 is 18.2 Å². The summed E-state index contributed by atoms with van der Waals surface area (Å²) < 4.78 is 29.8. The summed E-state index contributed by atoms with van der Waals surface area (Å²) in [7, 11) is -1.24. The highest BCUT2D eigenvalue weighted by Gasteiger charge is 2.22. The minimum absolute atomic E-state index is 0.174. The third-order valence-corrected chi connectivity index (χ3v) is 6.22. The molecule has 0 radical (unpaired) electrons. The molecule has 0 aliphatic rings. The number of hydrogen-bond donors (Lipinski definition) is 1. The van der Waals surface area contributed by atoms with Crippen LogP contribution in [0.5, 0.6) is 5.75 Å². The second-order valence-electron chi connectivity index (χ2n) is 5.72. The molecule has 0 bridgehead atoms. The largest absolute Gasteiger partial charge is 0.493 e. The van der Waals surface area contributed by atoms with Gasteiger partial charge in [0.05, 0.1) is 7.11 Å². The van der Waals surface area contributed by atoms with E-state index in [-0.39, 0.29) is 6.61 Å². The Morgan fingerprint density at radius 3 is 2.79 bits per heavy atom. The van der Waals surface area contributed by atoms with E-state index in [1.54, 1.807) is 7.11 Å². The van der Waals surface area contributed by atoms with Crippen molar-refractivity contribution >= 4 is 34.4 Å². The average Bonchev–Trinajstić information content (AvgIpc) is 2.98. The van der Waals surface area contributed by atoms with Gasteiger partial charge in [-0.25, -0.2) is 5.09 Å². The Kier molecular flexibility index (Phi) is 7.35. The van der Waals surface area contributed by atoms with Gasteiger partial charge in [-0.2, -0.15) is 0 Å². The van der Waals surface area contributed by atoms with Crippen LogP contribution in [-0.4, -0.2) is 25.1 Å². The van der Waals surface area contributed by atoms with Crippen molar-refractivity contribution in [2.24, 2.45) is 0 Å². The Balaban J connectivity index is 2.14. The molecule has 0 fully saturated rings. The number of methoxy groups -OCH3 is 1. The molecule has 134 valence electrons. The van der Waals surface area contributed by atoms with Crippen molar-refractivity contribution in [3.8, 4) is 5.75 Å². The predicted molar refractivity (Wildman–Crippen MR) is 101 cm³/mol. The van der Waals surface area contributed by atoms with E-state index in [0.717, 1.165) is 29.1 Å². The van der Waals surface area contributed by atoms with Crippen LogP contribution in [0.4, 0.5) is 0 Å². The third-order valence-electron chi connectivity index (χ3n) is 3.67. The summed E-state index contributed by atoms with van der Waals surface area (Å²) in [5.41, 5.74) is 1.79. The van der Waals surface area contributed by atoms with Crippen LogP contribution in [0.3, 0.4) is 0 Å². The minimum Gasteiger partial charge on any atom is -0.493 e. The Morgan fingerprint density at radius 2 is 2.12 bits per heavy atom. The molecular weight excluding hydrogens is 393 g/mol. The zero-order chi connectivity index (χ0) is 17.6. The molecule has 2 rings (SSSR count). The standard InChI is InChI=1S/C17H25BrNO4P/c1-4-5-8-24(20,19-7-6-18)22-12-15-11-14-9-13(2)10-16(21-3)17(14)23-15/h9-11H,4-8,12H2,1-3H3,(H,19,20). The lowest BCUT2D eigenvalue weighted by atomic mass is 10.1. The zero-order valence-electron chi connectivity index (χ0n) is 14.4. The molecule has 0 aliphatic carbocycles. The lowest BCUT2D eigenvalue weighted by molar-refractivity contribution is 0.266. The monoisotopic (exact) mass is 417 g/mol. The molecule has 1 aromatic heterocycles. The Hall–Kier alpha value is -0.810. The van der Waals surface area contributed by atoms with Gasteiger partial charge in [0.2, 0.25) is 0 Å². The van der Waals surface area contributed by atoms with Gasteiger partial charge in [-0.1, -0.05) is 29.3 Å². The number of halogens is 1. The van der Waals surface area contributed by atoms with Crippen molar-refractivity contribution in [2.45, 2.75) is 33.3 Å². The second kappa shape index (κ2) is 9.04. The Morgan fingerprint density at radius 1 is 1.33 bits per heavy atom. The highest BCUT2D eigenvalue weighted by atomic mass is 79.9. The van der Waals surface area contributed by atoms with Crippen molar-refractivity contribution in [2.75, 3.05) is 25.1 Å². The van der Waals surface area contributed by atoms with Gasteiger partial charge in [0.25, 0.3) is 7.52 Å². The number of fused-ring (bicyclic) bond motifs is 1. The number of ether oxygens (including phenoxy) is 1. The number of benzene rings is 1. The molecule has 0 aliphatic heterocycles. The summed E-state index contributed by atoms with van der Waals surface area (Å²) in [4.78, 5) is 0. The van der Waals surface area contributed by atoms with Gasteiger partial charge < -0.3 is 13.7 Å². The normalized spacial score (nSPS) is 14.0. The van der Waals surface area contributed by atoms with Crippen molar-refractivity contribution in [1.82, 2.24) is 5.09 Å². The number of rotatable bonds is 10. The Bertz CT molecular complexity index is 704. The summed E-state index contributed by atoms with van der Waals surface area (Å²) in [6.45, 7) is 4.86. The third kappa shape index (κ3) is 5.09. The van der Waals surface area contributed by atoms with Crippen LogP contribution < -0.4 is 9.82 Å². The molecule has 1 aromatic carbocycles. The molecule has 1 N–H and O–H groups in total. The highest BCUT2D eigenvalue weighted by Crippen LogP contribution is 2.44. The summed E-state index contributed by atoms with van der Waals surface area (Å²) in [6, 6.07) is 5.88. The van der Waals surface area contributed by atoms with Gasteiger partial charge in [0, 0.05) is 23.4 Å². The molecule has 0 saturated carbocycles. The topological polar surface area (TPSA) is 60.7 Å². The van der Waals surface area contributed by atoms with Crippen LogP contribution >= 0.6 is 23.4 Å². The molecule has 0 spiro atoms. The smallest absolute Gasteiger partial charge is 0.270 e. The van der Waals surface area contributed by atoms with Crippen molar-refractivity contribution in [1.29, 1.82) is 0 Å². The number of nitrogens with one attached hydrogen (secondary N) is 1. The van der Waals surface area contributed by atoms with Crippen LogP contribution in [0.2, 0.25) is 0 Å². The number of furan rings is 1. The maximum absolute atomic E-state index is 12.9. The number of aryl methyl sites for hydroxylation is 1. The zero-order valence-corrected chi connectivity index (χ0v) is 16.9. The van der Waals surface area contributed by atoms with Crippen molar-refractivity contribution in [3.63, 3.8) is 0 Å². The summed E-state index contributed by atoms with van der Waals surface area (Å²) >= 11 is 3.34. The number of unbranched alkanes of at least 4 members (excludes halogenated alkanes) is 1. The van der Waals surface area contributed by atoms with Crippen LogP contribution in [0.15, 0.2) is 22.6 Å². The fourth-order valence-electron chi connectivity index (χ4n) is 2.48. The van der Waals surface area contributed by atoms with Crippen LogP contribution in [0.25, 0.3) is 11.0 Å². The van der Waals surface area contributed by atoms with E-state index >= 15 is 0 Å². The number of hydrogen-bond acceptors (Lipinski definition) is 4. The number of alkyl halides is 1. The van der Waals surface area contributed by atoms with Gasteiger partial charge in [-0.3, -0.25) is 4.57 Å². The minimum atomic E-state index is -2.86. The first-order valence-electron chi connectivity index (χ1n) is 8.13. The average molecular weight is 418 g/mol. The molecule has 1 unspecified atom stereocenters. The van der Waals surface area contributed by atoms with E-state index < -0.39 is 7.52 Å². The maximum atomic E-state index is 12.9. The van der Waals surface area contributed by atoms with Gasteiger partial charge in [0.15, 0.2) is 11.3 Å². The van der Waals surface area contributed by atoms with E-state index in [9.17, 15) is 4.57 Å². The van der Waals surface area contributed by atoms with Gasteiger partial charge in [-0.15, -0.1) is 0 Å². The van der Waals surface area contributed by atoms with Gasteiger partial charge >= 0.3 is 0 Å². The summed E-state index contributed by atoms with van der Waals surface area (Å²) in [5.74, 6) is 1.34. The summed E-state index contributed by atoms with van der Waals surface area (Å²) in [6.07, 6.45) is 2.36. The first-order chi connectivity index (χ1) is 11.5. The molecule has 5 nitrogen and oxygen atoms in total. The van der Waals surface area contributed by atoms with E-state index in [2.05, 4.69) is 27.9 Å². The fourth-order valence-corrected chi connectivity index (χ4v) is 4.88. The quantitative estimate of drug-likeness (QED) is 0.422. The molecule has 0 amide bonds. The Labute approximate surface area is 151 Å². The van der Waals surface area contributed by atoms with Crippen LogP contribution in [0, 0.1) is 6.92 Å². The van der Waals surface area contributed by atoms with Gasteiger partial charge in [-0.05, 0) is 37.1 Å². The second-order valence-corrected chi connectivity index (χ2v) is 8.88. The predicted octanol–water partition coefficient (Wildman–Crippen LogP) is 5.24. The van der Waals surface area contributed by atoms with Crippen LogP contribution in [0.1, 0.15) is 31.1 Å². The van der Waals surface area contributed by atoms with E-state index in [1.165, 1.54) is 0 Å². The van der Waals surface area contributed by atoms with Gasteiger partial charge in [0.1, 0.15) is 12.4 Å². The molecule has 7 heteroatoms. The first-order valence-corrected chi connectivity index (χ1v) is 11.1. The van der Waals surface area contributed by atoms with Crippen molar-refractivity contribution in [3.05, 3.63) is 29.5 Å². The maximum Gasteiger partial charge on any atom is 0.270 e.